The molecule has 1 saturated carbocycles. The van der Waals surface area contributed by atoms with Crippen molar-refractivity contribution >= 4 is 17.3 Å². The average molecular weight is 248 g/mol. The number of nitrogens with zero attached hydrogens (tertiary/aromatic N) is 3. The number of hydrogen-bond acceptors (Lipinski definition) is 4. The first-order valence-corrected chi connectivity index (χ1v) is 6.33. The normalized spacial score (nSPS) is 14.3. The Hall–Kier alpha value is -1.78. The topological polar surface area (TPSA) is 62.5 Å². The van der Waals surface area contributed by atoms with Gasteiger partial charge in [-0.15, -0.1) is 0 Å². The first-order valence-electron chi connectivity index (χ1n) is 6.33. The largest absolute Gasteiger partial charge is 0.396 e. The van der Waals surface area contributed by atoms with E-state index in [1.807, 2.05) is 29.8 Å². The van der Waals surface area contributed by atoms with Gasteiger partial charge in [-0.25, -0.2) is 0 Å². The molecule has 1 heterocycles. The highest BCUT2D eigenvalue weighted by atomic mass is 16.2. The monoisotopic (exact) mass is 248 g/mol. The molecule has 1 aliphatic rings. The number of anilines is 2. The van der Waals surface area contributed by atoms with Crippen molar-refractivity contribution in [3.63, 3.8) is 0 Å². The van der Waals surface area contributed by atoms with Gasteiger partial charge in [0, 0.05) is 25.8 Å². The van der Waals surface area contributed by atoms with Crippen LogP contribution in [0.3, 0.4) is 0 Å². The van der Waals surface area contributed by atoms with E-state index in [-0.39, 0.29) is 5.91 Å². The molecule has 18 heavy (non-hydrogen) atoms. The lowest BCUT2D eigenvalue weighted by Crippen LogP contribution is -2.40. The smallest absolute Gasteiger partial charge is 0.242 e. The van der Waals surface area contributed by atoms with Crippen LogP contribution < -0.4 is 10.6 Å². The van der Waals surface area contributed by atoms with Gasteiger partial charge in [-0.3, -0.25) is 9.78 Å². The highest BCUT2D eigenvalue weighted by Gasteiger charge is 2.31. The first-order chi connectivity index (χ1) is 8.63. The minimum absolute atomic E-state index is 0.165. The maximum Gasteiger partial charge on any atom is 0.242 e. The number of carbonyl (C=O) groups excluding carboxylic acids is 1. The Labute approximate surface area is 108 Å². The molecule has 0 bridgehead atoms. The summed E-state index contributed by atoms with van der Waals surface area (Å²) in [5.41, 5.74) is 7.30. The summed E-state index contributed by atoms with van der Waals surface area (Å²) in [5.74, 6) is 0.165. The highest BCUT2D eigenvalue weighted by Crippen LogP contribution is 2.27. The molecule has 0 aliphatic heterocycles. The van der Waals surface area contributed by atoms with Gasteiger partial charge in [0.1, 0.15) is 0 Å². The third kappa shape index (κ3) is 2.72. The first kappa shape index (κ1) is 12.7. The molecule has 1 aromatic rings. The van der Waals surface area contributed by atoms with Gasteiger partial charge in [0.05, 0.1) is 24.1 Å². The highest BCUT2D eigenvalue weighted by molar-refractivity contribution is 5.83. The summed E-state index contributed by atoms with van der Waals surface area (Å²) >= 11 is 0. The zero-order chi connectivity index (χ0) is 13.1. The van der Waals surface area contributed by atoms with E-state index in [0.717, 1.165) is 25.1 Å². The average Bonchev–Trinajstić information content (AvgIpc) is 3.15. The Morgan fingerprint density at radius 1 is 1.56 bits per heavy atom. The third-order valence-corrected chi connectivity index (χ3v) is 3.26. The lowest BCUT2D eigenvalue weighted by Gasteiger charge is -2.25. The molecule has 1 amide bonds. The summed E-state index contributed by atoms with van der Waals surface area (Å²) in [5, 5.41) is 0. The number of amides is 1. The second-order valence-electron chi connectivity index (χ2n) is 4.70. The fourth-order valence-electron chi connectivity index (χ4n) is 2.15. The van der Waals surface area contributed by atoms with Crippen LogP contribution in [0.5, 0.6) is 0 Å². The molecule has 5 heteroatoms. The Morgan fingerprint density at radius 3 is 2.83 bits per heavy atom. The minimum atomic E-state index is 0.165. The molecular formula is C13H20N4O. The molecule has 0 unspecified atom stereocenters. The van der Waals surface area contributed by atoms with Crippen molar-refractivity contribution in [1.29, 1.82) is 0 Å². The van der Waals surface area contributed by atoms with Crippen molar-refractivity contribution in [2.24, 2.45) is 0 Å². The quantitative estimate of drug-likeness (QED) is 0.848. The maximum atomic E-state index is 12.2. The van der Waals surface area contributed by atoms with Gasteiger partial charge in [-0.1, -0.05) is 0 Å². The second-order valence-corrected chi connectivity index (χ2v) is 4.70. The summed E-state index contributed by atoms with van der Waals surface area (Å²) < 4.78 is 0. The lowest BCUT2D eigenvalue weighted by atomic mass is 10.3. The van der Waals surface area contributed by atoms with E-state index in [2.05, 4.69) is 4.98 Å². The van der Waals surface area contributed by atoms with Crippen LogP contribution >= 0.6 is 0 Å². The van der Waals surface area contributed by atoms with Crippen LogP contribution in [0.25, 0.3) is 0 Å². The molecule has 1 aromatic heterocycles. The van der Waals surface area contributed by atoms with Gasteiger partial charge in [0.25, 0.3) is 0 Å². The van der Waals surface area contributed by atoms with Crippen LogP contribution in [0, 0.1) is 0 Å². The Kier molecular flexibility index (Phi) is 3.69. The molecule has 98 valence electrons. The van der Waals surface area contributed by atoms with Gasteiger partial charge in [0.2, 0.25) is 5.91 Å². The number of hydrogen-bond donors (Lipinski definition) is 1. The van der Waals surface area contributed by atoms with Crippen LogP contribution in [-0.4, -0.2) is 42.0 Å². The number of nitrogen functional groups attached to an aromatic ring is 1. The summed E-state index contributed by atoms with van der Waals surface area (Å²) in [7, 11) is 1.88. The molecule has 0 aromatic carbocycles. The van der Waals surface area contributed by atoms with E-state index in [0.29, 0.717) is 18.3 Å². The number of pyridine rings is 1. The van der Waals surface area contributed by atoms with Crippen molar-refractivity contribution < 1.29 is 4.79 Å². The van der Waals surface area contributed by atoms with Crippen LogP contribution in [0.4, 0.5) is 11.4 Å². The van der Waals surface area contributed by atoms with Gasteiger partial charge < -0.3 is 15.5 Å². The minimum Gasteiger partial charge on any atom is -0.396 e. The summed E-state index contributed by atoms with van der Waals surface area (Å²) in [6.45, 7) is 3.17. The Bertz CT molecular complexity index is 431. The Morgan fingerprint density at radius 2 is 2.28 bits per heavy atom. The number of nitrogens with two attached hydrogens (primary N) is 1. The van der Waals surface area contributed by atoms with Gasteiger partial charge in [-0.2, -0.15) is 0 Å². The van der Waals surface area contributed by atoms with E-state index in [4.69, 9.17) is 5.73 Å². The maximum absolute atomic E-state index is 12.2. The van der Waals surface area contributed by atoms with Crippen LogP contribution in [0.1, 0.15) is 19.8 Å². The standard InChI is InChI=1S/C13H20N4O/c1-3-17(10-4-5-10)13(18)9-16(2)12-6-7-15-8-11(12)14/h6-8,10H,3-5,9,14H2,1-2H3. The zero-order valence-corrected chi connectivity index (χ0v) is 11.0. The number of carbonyl (C=O) groups is 1. The predicted octanol–water partition coefficient (Wildman–Crippen LogP) is 1.11. The van der Waals surface area contributed by atoms with Gasteiger partial charge in [0.15, 0.2) is 0 Å². The van der Waals surface area contributed by atoms with Crippen molar-refractivity contribution in [3.05, 3.63) is 18.5 Å². The van der Waals surface area contributed by atoms with Crippen LogP contribution in [0.2, 0.25) is 0 Å². The lowest BCUT2D eigenvalue weighted by molar-refractivity contribution is -0.130. The molecule has 0 atom stereocenters. The molecule has 0 spiro atoms. The fourth-order valence-corrected chi connectivity index (χ4v) is 2.15. The van der Waals surface area contributed by atoms with E-state index in [1.165, 1.54) is 0 Å². The van der Waals surface area contributed by atoms with E-state index < -0.39 is 0 Å². The van der Waals surface area contributed by atoms with Crippen molar-refractivity contribution in [1.82, 2.24) is 9.88 Å². The molecule has 5 nitrogen and oxygen atoms in total. The SMILES string of the molecule is CCN(C(=O)CN(C)c1ccncc1N)C1CC1. The van der Waals surface area contributed by atoms with E-state index >= 15 is 0 Å². The molecule has 0 saturated heterocycles. The summed E-state index contributed by atoms with van der Waals surface area (Å²) in [6.07, 6.45) is 5.57. The van der Waals surface area contributed by atoms with Gasteiger partial charge in [-0.05, 0) is 25.8 Å². The molecule has 2 N–H and O–H groups in total. The van der Waals surface area contributed by atoms with Gasteiger partial charge >= 0.3 is 0 Å². The molecule has 1 aliphatic carbocycles. The van der Waals surface area contributed by atoms with Crippen LogP contribution in [0.15, 0.2) is 18.5 Å². The summed E-state index contributed by atoms with van der Waals surface area (Å²) in [6, 6.07) is 2.29. The fraction of sp³-hybridized carbons (Fsp3) is 0.538. The van der Waals surface area contributed by atoms with E-state index in [9.17, 15) is 4.79 Å². The summed E-state index contributed by atoms with van der Waals surface area (Å²) in [4.78, 5) is 20.0. The molecular weight excluding hydrogens is 228 g/mol. The third-order valence-electron chi connectivity index (χ3n) is 3.26. The van der Waals surface area contributed by atoms with Crippen molar-refractivity contribution in [3.8, 4) is 0 Å². The Balaban J connectivity index is 2.00. The van der Waals surface area contributed by atoms with E-state index in [1.54, 1.807) is 12.4 Å². The molecule has 2 rings (SSSR count). The van der Waals surface area contributed by atoms with Crippen molar-refractivity contribution in [2.45, 2.75) is 25.8 Å². The predicted molar refractivity (Wildman–Crippen MR) is 72.3 cm³/mol. The number of rotatable bonds is 5. The number of likely N-dealkylation sites (N-methyl/N-ethyl adjacent to an activating group) is 2. The zero-order valence-electron chi connectivity index (χ0n) is 11.0. The number of aromatic nitrogens is 1. The molecule has 1 fully saturated rings. The van der Waals surface area contributed by atoms with Crippen LogP contribution in [-0.2, 0) is 4.79 Å². The van der Waals surface area contributed by atoms with Crippen molar-refractivity contribution in [2.75, 3.05) is 30.8 Å². The molecule has 0 radical (unpaired) electrons. The second kappa shape index (κ2) is 5.25.